The molecule has 0 unspecified atom stereocenters. The van der Waals surface area contributed by atoms with Crippen LogP contribution < -0.4 is 5.32 Å². The van der Waals surface area contributed by atoms with E-state index in [1.54, 1.807) is 60.7 Å². The lowest BCUT2D eigenvalue weighted by atomic mass is 10.2. The van der Waals surface area contributed by atoms with E-state index in [9.17, 15) is 13.2 Å². The lowest BCUT2D eigenvalue weighted by Crippen LogP contribution is -2.36. The molecule has 30 heavy (non-hydrogen) atoms. The molecule has 3 rings (SSSR count). The predicted octanol–water partition coefficient (Wildman–Crippen LogP) is 3.59. The molecule has 0 aliphatic carbocycles. The fourth-order valence-corrected chi connectivity index (χ4v) is 3.72. The molecule has 1 heterocycles. The van der Waals surface area contributed by atoms with Crippen LogP contribution in [0.2, 0.25) is 0 Å². The van der Waals surface area contributed by atoms with Crippen LogP contribution in [0.3, 0.4) is 0 Å². The quantitative estimate of drug-likeness (QED) is 0.599. The SMILES string of the molecule is N#Cc1ccc(NC(=O)CN(Cc2ccco2)S(=O)(=O)/C=C/c2ccccc2)cc1. The first-order valence-electron chi connectivity index (χ1n) is 9.02. The van der Waals surface area contributed by atoms with E-state index in [0.717, 1.165) is 15.3 Å². The molecular weight excluding hydrogens is 402 g/mol. The third kappa shape index (κ3) is 5.91. The van der Waals surface area contributed by atoms with Gasteiger partial charge in [0.1, 0.15) is 5.76 Å². The van der Waals surface area contributed by atoms with Gasteiger partial charge in [-0.3, -0.25) is 4.79 Å². The average molecular weight is 421 g/mol. The molecule has 0 saturated carbocycles. The van der Waals surface area contributed by atoms with E-state index in [1.807, 2.05) is 12.1 Å². The van der Waals surface area contributed by atoms with Crippen molar-refractivity contribution < 1.29 is 17.6 Å². The highest BCUT2D eigenvalue weighted by atomic mass is 32.2. The Bertz CT molecular complexity index is 1150. The van der Waals surface area contributed by atoms with Crippen LogP contribution in [0.25, 0.3) is 6.08 Å². The van der Waals surface area contributed by atoms with E-state index in [0.29, 0.717) is 17.0 Å². The van der Waals surface area contributed by atoms with Gasteiger partial charge in [-0.1, -0.05) is 30.3 Å². The maximum absolute atomic E-state index is 12.9. The minimum atomic E-state index is -3.91. The minimum Gasteiger partial charge on any atom is -0.468 e. The Morgan fingerprint density at radius 3 is 2.43 bits per heavy atom. The second-order valence-electron chi connectivity index (χ2n) is 6.34. The number of amides is 1. The van der Waals surface area contributed by atoms with E-state index >= 15 is 0 Å². The van der Waals surface area contributed by atoms with Crippen LogP contribution in [-0.2, 0) is 21.4 Å². The molecule has 0 aliphatic heterocycles. The van der Waals surface area contributed by atoms with E-state index in [1.165, 1.54) is 12.3 Å². The molecule has 0 bridgehead atoms. The van der Waals surface area contributed by atoms with E-state index in [2.05, 4.69) is 5.32 Å². The van der Waals surface area contributed by atoms with Gasteiger partial charge in [0.15, 0.2) is 0 Å². The van der Waals surface area contributed by atoms with Gasteiger partial charge in [0.2, 0.25) is 15.9 Å². The first-order valence-corrected chi connectivity index (χ1v) is 10.5. The van der Waals surface area contributed by atoms with Crippen LogP contribution in [0.4, 0.5) is 5.69 Å². The van der Waals surface area contributed by atoms with Gasteiger partial charge in [-0.05, 0) is 48.0 Å². The summed E-state index contributed by atoms with van der Waals surface area (Å²) in [5.74, 6) is -0.0965. The molecule has 1 aromatic heterocycles. The van der Waals surface area contributed by atoms with Crippen molar-refractivity contribution in [3.63, 3.8) is 0 Å². The van der Waals surface area contributed by atoms with Crippen LogP contribution in [0.15, 0.2) is 82.8 Å². The maximum Gasteiger partial charge on any atom is 0.239 e. The van der Waals surface area contributed by atoms with E-state index in [-0.39, 0.29) is 6.54 Å². The highest BCUT2D eigenvalue weighted by Crippen LogP contribution is 2.15. The zero-order chi connectivity index (χ0) is 21.4. The summed E-state index contributed by atoms with van der Waals surface area (Å²) in [6.45, 7) is -0.489. The normalized spacial score (nSPS) is 11.5. The monoisotopic (exact) mass is 421 g/mol. The van der Waals surface area contributed by atoms with Crippen molar-refractivity contribution >= 4 is 27.7 Å². The molecule has 0 atom stereocenters. The van der Waals surface area contributed by atoms with Crippen molar-refractivity contribution in [2.75, 3.05) is 11.9 Å². The number of anilines is 1. The summed E-state index contributed by atoms with van der Waals surface area (Å²) in [5.41, 5.74) is 1.65. The number of hydrogen-bond donors (Lipinski definition) is 1. The van der Waals surface area contributed by atoms with Gasteiger partial charge in [0, 0.05) is 11.1 Å². The first-order chi connectivity index (χ1) is 14.5. The molecule has 2 aromatic carbocycles. The summed E-state index contributed by atoms with van der Waals surface area (Å²) in [4.78, 5) is 12.5. The Kier molecular flexibility index (Phi) is 6.80. The molecule has 7 nitrogen and oxygen atoms in total. The summed E-state index contributed by atoms with van der Waals surface area (Å²) in [6.07, 6.45) is 2.92. The van der Waals surface area contributed by atoms with E-state index in [4.69, 9.17) is 9.68 Å². The van der Waals surface area contributed by atoms with Crippen molar-refractivity contribution in [3.8, 4) is 6.07 Å². The van der Waals surface area contributed by atoms with Crippen LogP contribution in [-0.4, -0.2) is 25.2 Å². The lowest BCUT2D eigenvalue weighted by Gasteiger charge is -2.19. The second-order valence-corrected chi connectivity index (χ2v) is 8.16. The lowest BCUT2D eigenvalue weighted by molar-refractivity contribution is -0.116. The van der Waals surface area contributed by atoms with Gasteiger partial charge >= 0.3 is 0 Å². The fraction of sp³-hybridized carbons (Fsp3) is 0.0909. The zero-order valence-corrected chi connectivity index (χ0v) is 16.7. The smallest absolute Gasteiger partial charge is 0.239 e. The zero-order valence-electron chi connectivity index (χ0n) is 15.9. The van der Waals surface area contributed by atoms with Crippen LogP contribution >= 0.6 is 0 Å². The number of carbonyl (C=O) groups is 1. The molecule has 0 saturated heterocycles. The molecule has 0 fully saturated rings. The maximum atomic E-state index is 12.9. The van der Waals surface area contributed by atoms with Crippen LogP contribution in [0.5, 0.6) is 0 Å². The Balaban J connectivity index is 1.76. The number of carbonyl (C=O) groups excluding carboxylic acids is 1. The number of furan rings is 1. The third-order valence-corrected chi connectivity index (χ3v) is 5.58. The molecular formula is C22H19N3O4S. The number of nitriles is 1. The number of benzene rings is 2. The second kappa shape index (κ2) is 9.69. The standard InChI is InChI=1S/C22H19N3O4S/c23-15-19-8-10-20(11-9-19)24-22(26)17-25(16-21-7-4-13-29-21)30(27,28)14-12-18-5-2-1-3-6-18/h1-14H,16-17H2,(H,24,26)/b14-12+. The fourth-order valence-electron chi connectivity index (χ4n) is 2.62. The number of rotatable bonds is 8. The highest BCUT2D eigenvalue weighted by molar-refractivity contribution is 7.92. The van der Waals surface area contributed by atoms with Crippen LogP contribution in [0.1, 0.15) is 16.9 Å². The molecule has 0 spiro atoms. The summed E-state index contributed by atoms with van der Waals surface area (Å²) in [6, 6.07) is 20.6. The topological polar surface area (TPSA) is 103 Å². The number of nitrogens with zero attached hydrogens (tertiary/aromatic N) is 2. The largest absolute Gasteiger partial charge is 0.468 e. The van der Waals surface area contributed by atoms with E-state index < -0.39 is 22.5 Å². The van der Waals surface area contributed by atoms with Gasteiger partial charge in [-0.2, -0.15) is 9.57 Å². The molecule has 1 amide bonds. The molecule has 0 aliphatic rings. The summed E-state index contributed by atoms with van der Waals surface area (Å²) < 4.78 is 32.1. The number of hydrogen-bond acceptors (Lipinski definition) is 5. The Labute approximate surface area is 174 Å². The van der Waals surface area contributed by atoms with Crippen molar-refractivity contribution in [2.24, 2.45) is 0 Å². The highest BCUT2D eigenvalue weighted by Gasteiger charge is 2.23. The summed E-state index contributed by atoms with van der Waals surface area (Å²) in [7, 11) is -3.91. The minimum absolute atomic E-state index is 0.0880. The van der Waals surface area contributed by atoms with Gasteiger partial charge in [0.05, 0.1) is 31.0 Å². The summed E-state index contributed by atoms with van der Waals surface area (Å²) >= 11 is 0. The third-order valence-electron chi connectivity index (χ3n) is 4.12. The van der Waals surface area contributed by atoms with Gasteiger partial charge < -0.3 is 9.73 Å². The molecule has 1 N–H and O–H groups in total. The molecule has 8 heteroatoms. The Hall–Kier alpha value is -3.67. The Morgan fingerprint density at radius 1 is 1.07 bits per heavy atom. The number of sulfonamides is 1. The van der Waals surface area contributed by atoms with Crippen LogP contribution in [0, 0.1) is 11.3 Å². The first kappa shape index (κ1) is 21.0. The van der Waals surface area contributed by atoms with Gasteiger partial charge in [-0.15, -0.1) is 0 Å². The van der Waals surface area contributed by atoms with Gasteiger partial charge in [-0.25, -0.2) is 8.42 Å². The number of nitrogens with one attached hydrogen (secondary N) is 1. The van der Waals surface area contributed by atoms with Crippen molar-refractivity contribution in [1.29, 1.82) is 5.26 Å². The predicted molar refractivity (Wildman–Crippen MR) is 113 cm³/mol. The summed E-state index contributed by atoms with van der Waals surface area (Å²) in [5, 5.41) is 12.6. The Morgan fingerprint density at radius 2 is 1.80 bits per heavy atom. The average Bonchev–Trinajstić information content (AvgIpc) is 3.26. The molecule has 152 valence electrons. The molecule has 0 radical (unpaired) electrons. The van der Waals surface area contributed by atoms with Crippen molar-refractivity contribution in [2.45, 2.75) is 6.54 Å². The van der Waals surface area contributed by atoms with Gasteiger partial charge in [0.25, 0.3) is 0 Å². The van der Waals surface area contributed by atoms with Crippen molar-refractivity contribution in [1.82, 2.24) is 4.31 Å². The van der Waals surface area contributed by atoms with Crippen molar-refractivity contribution in [3.05, 3.63) is 95.3 Å². The molecule has 3 aromatic rings.